The summed E-state index contributed by atoms with van der Waals surface area (Å²) in [5.41, 5.74) is 0. The first-order valence-electron chi connectivity index (χ1n) is 4.71. The Kier molecular flexibility index (Phi) is 4.95. The molecule has 1 aromatic heterocycles. The van der Waals surface area contributed by atoms with E-state index >= 15 is 0 Å². The molecule has 0 aromatic carbocycles. The quantitative estimate of drug-likeness (QED) is 0.740. The highest BCUT2D eigenvalue weighted by Crippen LogP contribution is 2.15. The molecule has 0 aliphatic rings. The number of halogens is 1. The summed E-state index contributed by atoms with van der Waals surface area (Å²) in [4.78, 5) is 4.00. The van der Waals surface area contributed by atoms with E-state index < -0.39 is 9.84 Å². The van der Waals surface area contributed by atoms with Crippen molar-refractivity contribution in [2.45, 2.75) is 30.5 Å². The van der Waals surface area contributed by atoms with Gasteiger partial charge in [0.2, 0.25) is 14.2 Å². The monoisotopic (exact) mass is 268 g/mol. The van der Waals surface area contributed by atoms with E-state index in [-0.39, 0.29) is 10.1 Å². The molecule has 0 atom stereocenters. The lowest BCUT2D eigenvalue weighted by molar-refractivity contribution is 0.593. The molecule has 1 aromatic rings. The molecule has 0 aliphatic heterocycles. The molecule has 0 bridgehead atoms. The van der Waals surface area contributed by atoms with Gasteiger partial charge >= 0.3 is 0 Å². The average Bonchev–Trinajstić information content (AvgIpc) is 2.65. The molecule has 1 rings (SSSR count). The zero-order valence-corrected chi connectivity index (χ0v) is 10.8. The second kappa shape index (κ2) is 5.77. The Morgan fingerprint density at radius 1 is 1.47 bits per heavy atom. The predicted octanol–water partition coefficient (Wildman–Crippen LogP) is 1.89. The Bertz CT molecular complexity index is 403. The van der Waals surface area contributed by atoms with Gasteiger partial charge in [-0.1, -0.05) is 6.92 Å². The molecule has 7 heteroatoms. The van der Waals surface area contributed by atoms with E-state index in [2.05, 4.69) is 9.36 Å². The Balaban J connectivity index is 2.76. The molecule has 0 fully saturated rings. The Hall–Kier alpha value is -0.200. The third kappa shape index (κ3) is 3.70. The van der Waals surface area contributed by atoms with Crippen LogP contribution in [0.5, 0.6) is 0 Å². The summed E-state index contributed by atoms with van der Waals surface area (Å²) < 4.78 is 27.4. The highest BCUT2D eigenvalue weighted by Gasteiger charge is 2.19. The minimum atomic E-state index is -3.26. The van der Waals surface area contributed by atoms with Gasteiger partial charge in [-0.05, 0) is 24.4 Å². The largest absolute Gasteiger partial charge is 0.228 e. The van der Waals surface area contributed by atoms with Crippen LogP contribution < -0.4 is 0 Å². The molecule has 4 nitrogen and oxygen atoms in total. The third-order valence-corrected chi connectivity index (χ3v) is 4.99. The van der Waals surface area contributed by atoms with Crippen LogP contribution in [-0.4, -0.2) is 29.4 Å². The lowest BCUT2D eigenvalue weighted by Gasteiger charge is -1.96. The summed E-state index contributed by atoms with van der Waals surface area (Å²) in [6.45, 7) is 2.00. The van der Waals surface area contributed by atoms with Crippen molar-refractivity contribution in [1.82, 2.24) is 9.36 Å². The van der Waals surface area contributed by atoms with Crippen molar-refractivity contribution < 1.29 is 8.42 Å². The summed E-state index contributed by atoms with van der Waals surface area (Å²) in [5.74, 6) is 1.02. The topological polar surface area (TPSA) is 59.9 Å². The molecule has 0 aliphatic carbocycles. The molecular weight excluding hydrogens is 256 g/mol. The number of alkyl halides is 1. The van der Waals surface area contributed by atoms with Crippen molar-refractivity contribution in [2.24, 2.45) is 0 Å². The number of nitrogens with zero attached hydrogens (tertiary/aromatic N) is 2. The van der Waals surface area contributed by atoms with Crippen molar-refractivity contribution in [1.29, 1.82) is 0 Å². The van der Waals surface area contributed by atoms with Gasteiger partial charge in [0, 0.05) is 12.3 Å². The molecule has 0 spiro atoms. The molecule has 1 heterocycles. The highest BCUT2D eigenvalue weighted by molar-refractivity contribution is 7.93. The molecule has 0 radical (unpaired) electrons. The van der Waals surface area contributed by atoms with Gasteiger partial charge in [0.15, 0.2) is 0 Å². The lowest BCUT2D eigenvalue weighted by Crippen LogP contribution is -2.07. The summed E-state index contributed by atoms with van der Waals surface area (Å²) in [7, 11) is -3.26. The first-order chi connectivity index (χ1) is 7.10. The van der Waals surface area contributed by atoms with Crippen LogP contribution >= 0.6 is 23.1 Å². The van der Waals surface area contributed by atoms with E-state index in [1.165, 1.54) is 0 Å². The normalized spacial score (nSPS) is 11.9. The number of aryl methyl sites for hydroxylation is 1. The number of hydrogen-bond acceptors (Lipinski definition) is 5. The van der Waals surface area contributed by atoms with E-state index in [4.69, 9.17) is 11.6 Å². The molecule has 0 unspecified atom stereocenters. The standard InChI is InChI=1S/C8H13ClN2O2S2/c1-2-4-7-10-8(14-11-7)15(12,13)6-3-5-9/h2-6H2,1H3. The smallest absolute Gasteiger partial charge is 0.221 e. The summed E-state index contributed by atoms with van der Waals surface area (Å²) in [5, 5.41) is 0. The first kappa shape index (κ1) is 12.9. The zero-order chi connectivity index (χ0) is 11.3. The van der Waals surface area contributed by atoms with Gasteiger partial charge in [-0.3, -0.25) is 0 Å². The minimum absolute atomic E-state index is 0.0528. The lowest BCUT2D eigenvalue weighted by atomic mass is 10.3. The average molecular weight is 269 g/mol. The van der Waals surface area contributed by atoms with Gasteiger partial charge < -0.3 is 0 Å². The van der Waals surface area contributed by atoms with Crippen LogP contribution in [-0.2, 0) is 16.3 Å². The number of aromatic nitrogens is 2. The highest BCUT2D eigenvalue weighted by atomic mass is 35.5. The summed E-state index contributed by atoms with van der Waals surface area (Å²) >= 11 is 6.41. The fourth-order valence-electron chi connectivity index (χ4n) is 1.02. The molecule has 0 saturated heterocycles. The predicted molar refractivity (Wildman–Crippen MR) is 61.3 cm³/mol. The SMILES string of the molecule is CCCc1nsc(S(=O)(=O)CCCCl)n1. The Morgan fingerprint density at radius 2 is 2.20 bits per heavy atom. The summed E-state index contributed by atoms with van der Waals surface area (Å²) in [6, 6.07) is 0. The second-order valence-electron chi connectivity index (χ2n) is 3.09. The molecule has 0 saturated carbocycles. The molecular formula is C8H13ClN2O2S2. The van der Waals surface area contributed by atoms with Crippen LogP contribution in [0.1, 0.15) is 25.6 Å². The number of hydrogen-bond donors (Lipinski definition) is 0. The summed E-state index contributed by atoms with van der Waals surface area (Å²) in [6.07, 6.45) is 2.09. The van der Waals surface area contributed by atoms with E-state index in [0.29, 0.717) is 18.1 Å². The van der Waals surface area contributed by atoms with Gasteiger partial charge in [-0.2, -0.15) is 4.37 Å². The maximum atomic E-state index is 11.7. The van der Waals surface area contributed by atoms with Crippen molar-refractivity contribution in [3.8, 4) is 0 Å². The minimum Gasteiger partial charge on any atom is -0.221 e. The second-order valence-corrected chi connectivity index (χ2v) is 6.50. The van der Waals surface area contributed by atoms with Gasteiger partial charge in [-0.15, -0.1) is 11.6 Å². The van der Waals surface area contributed by atoms with Crippen LogP contribution in [0.4, 0.5) is 0 Å². The zero-order valence-electron chi connectivity index (χ0n) is 8.44. The van der Waals surface area contributed by atoms with Gasteiger partial charge in [0.25, 0.3) is 0 Å². The van der Waals surface area contributed by atoms with Crippen molar-refractivity contribution in [3.63, 3.8) is 0 Å². The Morgan fingerprint density at radius 3 is 2.80 bits per heavy atom. The van der Waals surface area contributed by atoms with Gasteiger partial charge in [0.1, 0.15) is 5.82 Å². The van der Waals surface area contributed by atoms with Crippen molar-refractivity contribution in [2.75, 3.05) is 11.6 Å². The van der Waals surface area contributed by atoms with Crippen LogP contribution in [0, 0.1) is 0 Å². The van der Waals surface area contributed by atoms with E-state index in [1.807, 2.05) is 6.92 Å². The molecule has 15 heavy (non-hydrogen) atoms. The number of sulfone groups is 1. The van der Waals surface area contributed by atoms with Crippen LogP contribution in [0.25, 0.3) is 0 Å². The fourth-order valence-corrected chi connectivity index (χ4v) is 3.53. The fraction of sp³-hybridized carbons (Fsp3) is 0.750. The van der Waals surface area contributed by atoms with Crippen LogP contribution in [0.3, 0.4) is 0 Å². The maximum Gasteiger partial charge on any atom is 0.228 e. The van der Waals surface area contributed by atoms with Crippen LogP contribution in [0.2, 0.25) is 0 Å². The van der Waals surface area contributed by atoms with Crippen molar-refractivity contribution >= 4 is 33.0 Å². The van der Waals surface area contributed by atoms with E-state index in [9.17, 15) is 8.42 Å². The molecule has 0 amide bonds. The van der Waals surface area contributed by atoms with E-state index in [1.54, 1.807) is 0 Å². The number of rotatable bonds is 6. The first-order valence-corrected chi connectivity index (χ1v) is 7.67. The van der Waals surface area contributed by atoms with Gasteiger partial charge in [-0.25, -0.2) is 13.4 Å². The van der Waals surface area contributed by atoms with E-state index in [0.717, 1.165) is 24.4 Å². The van der Waals surface area contributed by atoms with Crippen LogP contribution in [0.15, 0.2) is 4.34 Å². The Labute approximate surface area is 98.8 Å². The molecule has 86 valence electrons. The third-order valence-electron chi connectivity index (χ3n) is 1.74. The van der Waals surface area contributed by atoms with Crippen molar-refractivity contribution in [3.05, 3.63) is 5.82 Å². The molecule has 0 N–H and O–H groups in total. The maximum absolute atomic E-state index is 11.7. The van der Waals surface area contributed by atoms with Gasteiger partial charge in [0.05, 0.1) is 5.75 Å².